The predicted octanol–water partition coefficient (Wildman–Crippen LogP) is 4.40. The number of hydrogen-bond donors (Lipinski definition) is 1. The van der Waals surface area contributed by atoms with Crippen LogP contribution in [0.15, 0.2) is 54.7 Å². The van der Waals surface area contributed by atoms with Crippen molar-refractivity contribution in [3.8, 4) is 0 Å². The zero-order valence-corrected chi connectivity index (χ0v) is 16.0. The van der Waals surface area contributed by atoms with E-state index in [9.17, 15) is 4.39 Å². The van der Waals surface area contributed by atoms with Crippen LogP contribution in [-0.2, 0) is 13.1 Å². The number of fused-ring (bicyclic) bond motifs is 1. The van der Waals surface area contributed by atoms with Crippen molar-refractivity contribution in [1.82, 2.24) is 14.8 Å². The molecule has 0 spiro atoms. The molecule has 1 fully saturated rings. The van der Waals surface area contributed by atoms with Crippen LogP contribution in [0.2, 0.25) is 0 Å². The molecule has 4 rings (SSSR count). The van der Waals surface area contributed by atoms with Crippen LogP contribution in [0.1, 0.15) is 30.9 Å². The van der Waals surface area contributed by atoms with E-state index in [2.05, 4.69) is 52.2 Å². The zero-order chi connectivity index (χ0) is 18.6. The Morgan fingerprint density at radius 3 is 2.74 bits per heavy atom. The molecule has 1 N–H and O–H groups in total. The van der Waals surface area contributed by atoms with Crippen molar-refractivity contribution in [3.63, 3.8) is 0 Å². The average Bonchev–Trinajstić information content (AvgIpc) is 3.29. The zero-order valence-electron chi connectivity index (χ0n) is 16.0. The fraction of sp³-hybridized carbons (Fsp3) is 0.391. The van der Waals surface area contributed by atoms with E-state index in [0.717, 1.165) is 31.7 Å². The number of rotatable bonds is 7. The molecule has 0 unspecified atom stereocenters. The highest BCUT2D eigenvalue weighted by molar-refractivity contribution is 5.84. The van der Waals surface area contributed by atoms with Crippen LogP contribution in [0.3, 0.4) is 0 Å². The molecule has 0 amide bonds. The third-order valence-corrected chi connectivity index (χ3v) is 5.74. The van der Waals surface area contributed by atoms with Crippen LogP contribution >= 0.6 is 0 Å². The molecule has 142 valence electrons. The topological polar surface area (TPSA) is 20.2 Å². The molecule has 2 heterocycles. The molecule has 1 aliphatic rings. The van der Waals surface area contributed by atoms with Gasteiger partial charge in [-0.3, -0.25) is 4.90 Å². The molecule has 2 aromatic carbocycles. The number of para-hydroxylation sites is 1. The summed E-state index contributed by atoms with van der Waals surface area (Å²) in [7, 11) is 0. The molecule has 3 nitrogen and oxygen atoms in total. The molecule has 0 radical (unpaired) electrons. The molecule has 1 saturated heterocycles. The van der Waals surface area contributed by atoms with Crippen molar-refractivity contribution in [2.24, 2.45) is 0 Å². The molecule has 0 saturated carbocycles. The molecule has 3 aromatic rings. The second-order valence-electron chi connectivity index (χ2n) is 7.48. The van der Waals surface area contributed by atoms with Crippen LogP contribution in [0, 0.1) is 5.82 Å². The van der Waals surface area contributed by atoms with Crippen molar-refractivity contribution in [3.05, 3.63) is 71.7 Å². The van der Waals surface area contributed by atoms with Gasteiger partial charge in [-0.2, -0.15) is 0 Å². The fourth-order valence-corrected chi connectivity index (χ4v) is 4.30. The molecular weight excluding hydrogens is 337 g/mol. The van der Waals surface area contributed by atoms with Gasteiger partial charge in [0.1, 0.15) is 5.82 Å². The first-order chi connectivity index (χ1) is 13.2. The predicted molar refractivity (Wildman–Crippen MR) is 109 cm³/mol. The highest BCUT2D eigenvalue weighted by atomic mass is 19.1. The lowest BCUT2D eigenvalue weighted by molar-refractivity contribution is 0.260. The van der Waals surface area contributed by atoms with Gasteiger partial charge in [0.15, 0.2) is 0 Å². The van der Waals surface area contributed by atoms with E-state index >= 15 is 0 Å². The normalized spacial score (nSPS) is 17.8. The Labute approximate surface area is 160 Å². The van der Waals surface area contributed by atoms with E-state index in [4.69, 9.17) is 0 Å². The number of nitrogens with one attached hydrogen (secondary N) is 1. The van der Waals surface area contributed by atoms with Crippen LogP contribution in [-0.4, -0.2) is 35.1 Å². The molecule has 27 heavy (non-hydrogen) atoms. The maximum atomic E-state index is 13.2. The van der Waals surface area contributed by atoms with Gasteiger partial charge >= 0.3 is 0 Å². The van der Waals surface area contributed by atoms with Crippen LogP contribution in [0.4, 0.5) is 4.39 Å². The average molecular weight is 365 g/mol. The monoisotopic (exact) mass is 365 g/mol. The summed E-state index contributed by atoms with van der Waals surface area (Å²) >= 11 is 0. The number of likely N-dealkylation sites (N-methyl/N-ethyl adjacent to an activating group) is 1. The standard InChI is InChI=1S/C23H28FN3/c1-2-26-13-5-6-21(26)15-25-14-19-17-27(23-8-4-3-7-22(19)23)16-18-9-11-20(24)12-10-18/h3-4,7-12,17,21,25H,2,5-6,13-16H2,1H3/t21-/m1/s1. The Balaban J connectivity index is 1.48. The van der Waals surface area contributed by atoms with Gasteiger partial charge in [0.2, 0.25) is 0 Å². The summed E-state index contributed by atoms with van der Waals surface area (Å²) in [5, 5.41) is 4.98. The first-order valence-electron chi connectivity index (χ1n) is 10.0. The van der Waals surface area contributed by atoms with Crippen molar-refractivity contribution >= 4 is 10.9 Å². The first kappa shape index (κ1) is 18.2. The summed E-state index contributed by atoms with van der Waals surface area (Å²) in [4.78, 5) is 2.57. The largest absolute Gasteiger partial charge is 0.343 e. The van der Waals surface area contributed by atoms with E-state index in [1.54, 1.807) is 0 Å². The molecule has 0 aliphatic carbocycles. The number of benzene rings is 2. The van der Waals surface area contributed by atoms with E-state index in [-0.39, 0.29) is 5.82 Å². The van der Waals surface area contributed by atoms with E-state index in [1.165, 1.54) is 48.0 Å². The lowest BCUT2D eigenvalue weighted by Gasteiger charge is -2.22. The van der Waals surface area contributed by atoms with Crippen molar-refractivity contribution < 1.29 is 4.39 Å². The second-order valence-corrected chi connectivity index (χ2v) is 7.48. The molecule has 1 aliphatic heterocycles. The Hall–Kier alpha value is -2.17. The number of halogens is 1. The summed E-state index contributed by atoms with van der Waals surface area (Å²) in [6.07, 6.45) is 4.86. The Kier molecular flexibility index (Phi) is 5.55. The van der Waals surface area contributed by atoms with Gasteiger partial charge in [0.25, 0.3) is 0 Å². The van der Waals surface area contributed by atoms with Gasteiger partial charge in [0, 0.05) is 42.8 Å². The van der Waals surface area contributed by atoms with Crippen molar-refractivity contribution in [2.45, 2.75) is 38.9 Å². The minimum atomic E-state index is -0.186. The Bertz CT molecular complexity index is 884. The number of likely N-dealkylation sites (tertiary alicyclic amines) is 1. The SMILES string of the molecule is CCN1CCC[C@@H]1CNCc1cn(Cc2ccc(F)cc2)c2ccccc12. The van der Waals surface area contributed by atoms with Gasteiger partial charge < -0.3 is 9.88 Å². The van der Waals surface area contributed by atoms with Gasteiger partial charge in [-0.25, -0.2) is 4.39 Å². The highest BCUT2D eigenvalue weighted by Crippen LogP contribution is 2.23. The van der Waals surface area contributed by atoms with Gasteiger partial charge in [-0.15, -0.1) is 0 Å². The Morgan fingerprint density at radius 2 is 1.93 bits per heavy atom. The maximum Gasteiger partial charge on any atom is 0.123 e. The summed E-state index contributed by atoms with van der Waals surface area (Å²) in [5.74, 6) is -0.186. The first-order valence-corrected chi connectivity index (χ1v) is 10.0. The summed E-state index contributed by atoms with van der Waals surface area (Å²) in [6.45, 7) is 7.31. The third-order valence-electron chi connectivity index (χ3n) is 5.74. The molecule has 1 atom stereocenters. The van der Waals surface area contributed by atoms with Gasteiger partial charge in [-0.05, 0) is 55.3 Å². The van der Waals surface area contributed by atoms with E-state index in [0.29, 0.717) is 6.04 Å². The molecule has 4 heteroatoms. The minimum Gasteiger partial charge on any atom is -0.343 e. The van der Waals surface area contributed by atoms with Crippen molar-refractivity contribution in [2.75, 3.05) is 19.6 Å². The maximum absolute atomic E-state index is 13.2. The lowest BCUT2D eigenvalue weighted by Crippen LogP contribution is -2.37. The fourth-order valence-electron chi connectivity index (χ4n) is 4.30. The minimum absolute atomic E-state index is 0.186. The third kappa shape index (κ3) is 4.07. The molecular formula is C23H28FN3. The Morgan fingerprint density at radius 1 is 1.11 bits per heavy atom. The van der Waals surface area contributed by atoms with Crippen LogP contribution < -0.4 is 5.32 Å². The molecule has 0 bridgehead atoms. The summed E-state index contributed by atoms with van der Waals surface area (Å²) in [6, 6.07) is 16.0. The highest BCUT2D eigenvalue weighted by Gasteiger charge is 2.22. The quantitative estimate of drug-likeness (QED) is 0.670. The second kappa shape index (κ2) is 8.24. The summed E-state index contributed by atoms with van der Waals surface area (Å²) in [5.41, 5.74) is 3.67. The summed E-state index contributed by atoms with van der Waals surface area (Å²) < 4.78 is 15.5. The number of aromatic nitrogens is 1. The van der Waals surface area contributed by atoms with Crippen molar-refractivity contribution in [1.29, 1.82) is 0 Å². The van der Waals surface area contributed by atoms with E-state index in [1.807, 2.05) is 12.1 Å². The smallest absolute Gasteiger partial charge is 0.123 e. The lowest BCUT2D eigenvalue weighted by atomic mass is 10.1. The van der Waals surface area contributed by atoms with E-state index < -0.39 is 0 Å². The van der Waals surface area contributed by atoms with Gasteiger partial charge in [0.05, 0.1) is 0 Å². The van der Waals surface area contributed by atoms with Gasteiger partial charge in [-0.1, -0.05) is 37.3 Å². The number of nitrogens with zero attached hydrogens (tertiary/aromatic N) is 2. The number of hydrogen-bond acceptors (Lipinski definition) is 2. The molecule has 1 aromatic heterocycles. The van der Waals surface area contributed by atoms with Crippen LogP contribution in [0.25, 0.3) is 10.9 Å². The van der Waals surface area contributed by atoms with Crippen LogP contribution in [0.5, 0.6) is 0 Å².